The third-order valence-electron chi connectivity index (χ3n) is 2.30. The van der Waals surface area contributed by atoms with Crippen LogP contribution in [-0.2, 0) is 5.75 Å². The van der Waals surface area contributed by atoms with E-state index in [1.807, 2.05) is 18.3 Å². The molecule has 17 heavy (non-hydrogen) atoms. The first-order valence-electron chi connectivity index (χ1n) is 5.01. The molecule has 0 fully saturated rings. The molecule has 1 aromatic carbocycles. The number of hydrogen-bond donors (Lipinski definition) is 1. The summed E-state index contributed by atoms with van der Waals surface area (Å²) < 4.78 is 0. The summed E-state index contributed by atoms with van der Waals surface area (Å²) in [4.78, 5) is 17.2. The van der Waals surface area contributed by atoms with Gasteiger partial charge in [0.2, 0.25) is 0 Å². The van der Waals surface area contributed by atoms with Crippen LogP contribution in [0.25, 0.3) is 0 Å². The van der Waals surface area contributed by atoms with Gasteiger partial charge >= 0.3 is 5.97 Å². The highest BCUT2D eigenvalue weighted by Gasteiger charge is 2.08. The first kappa shape index (κ1) is 12.1. The van der Waals surface area contributed by atoms with Crippen molar-refractivity contribution in [3.05, 3.63) is 45.9 Å². The Morgan fingerprint density at radius 1 is 1.53 bits per heavy atom. The van der Waals surface area contributed by atoms with Crippen LogP contribution in [0.5, 0.6) is 0 Å². The molecule has 0 saturated carbocycles. The van der Waals surface area contributed by atoms with Gasteiger partial charge in [-0.15, -0.1) is 23.1 Å². The molecule has 0 bridgehead atoms. The Morgan fingerprint density at radius 2 is 2.35 bits per heavy atom. The average Bonchev–Trinajstić information content (AvgIpc) is 2.80. The molecule has 2 rings (SSSR count). The molecule has 0 aliphatic heterocycles. The summed E-state index contributed by atoms with van der Waals surface area (Å²) in [6.45, 7) is 1.81. The van der Waals surface area contributed by atoms with Crippen LogP contribution in [-0.4, -0.2) is 16.1 Å². The van der Waals surface area contributed by atoms with Crippen LogP contribution in [0.3, 0.4) is 0 Å². The second-order valence-corrected chi connectivity index (χ2v) is 5.56. The number of nitrogens with zero attached hydrogens (tertiary/aromatic N) is 1. The molecule has 0 aliphatic rings. The van der Waals surface area contributed by atoms with Crippen molar-refractivity contribution in [3.63, 3.8) is 0 Å². The summed E-state index contributed by atoms with van der Waals surface area (Å²) in [5.74, 6) is -0.0463. The number of rotatable bonds is 4. The molecule has 88 valence electrons. The number of benzene rings is 1. The minimum Gasteiger partial charge on any atom is -0.478 e. The summed E-state index contributed by atoms with van der Waals surface area (Å²) in [7, 11) is 0. The number of thiazole rings is 1. The van der Waals surface area contributed by atoms with Crippen molar-refractivity contribution in [3.8, 4) is 0 Å². The second-order valence-electron chi connectivity index (χ2n) is 3.54. The summed E-state index contributed by atoms with van der Waals surface area (Å²) in [6.07, 6.45) is 1.84. The monoisotopic (exact) mass is 265 g/mol. The van der Waals surface area contributed by atoms with Gasteiger partial charge in [-0.25, -0.2) is 4.79 Å². The van der Waals surface area contributed by atoms with E-state index in [4.69, 9.17) is 5.11 Å². The smallest absolute Gasteiger partial charge is 0.335 e. The summed E-state index contributed by atoms with van der Waals surface area (Å²) in [6, 6.07) is 5.52. The highest BCUT2D eigenvalue weighted by molar-refractivity contribution is 7.98. The number of aromatic carboxylic acids is 1. The summed E-state index contributed by atoms with van der Waals surface area (Å²) >= 11 is 3.23. The van der Waals surface area contributed by atoms with Gasteiger partial charge in [0.15, 0.2) is 0 Å². The number of aromatic nitrogens is 1. The quantitative estimate of drug-likeness (QED) is 0.860. The van der Waals surface area contributed by atoms with Crippen molar-refractivity contribution >= 4 is 29.1 Å². The van der Waals surface area contributed by atoms with E-state index in [2.05, 4.69) is 4.98 Å². The Bertz CT molecular complexity index is 523. The van der Waals surface area contributed by atoms with Gasteiger partial charge in [-0.1, -0.05) is 6.07 Å². The molecule has 2 aromatic rings. The lowest BCUT2D eigenvalue weighted by Gasteiger charge is -2.04. The zero-order chi connectivity index (χ0) is 12.3. The maximum absolute atomic E-state index is 11.0. The molecule has 5 heteroatoms. The van der Waals surface area contributed by atoms with Crippen molar-refractivity contribution < 1.29 is 9.90 Å². The van der Waals surface area contributed by atoms with Crippen LogP contribution in [0.15, 0.2) is 34.8 Å². The van der Waals surface area contributed by atoms with Crippen LogP contribution in [0.4, 0.5) is 0 Å². The molecule has 1 aromatic heterocycles. The Morgan fingerprint density at radius 3 is 3.00 bits per heavy atom. The zero-order valence-corrected chi connectivity index (χ0v) is 10.8. The SMILES string of the molecule is Cc1ccc(SCc2cncs2)cc1C(=O)O. The Labute approximate surface area is 108 Å². The number of hydrogen-bond acceptors (Lipinski definition) is 4. The van der Waals surface area contributed by atoms with Gasteiger partial charge in [-0.05, 0) is 24.6 Å². The van der Waals surface area contributed by atoms with Gasteiger partial charge in [-0.3, -0.25) is 4.98 Å². The van der Waals surface area contributed by atoms with Crippen LogP contribution < -0.4 is 0 Å². The van der Waals surface area contributed by atoms with Crippen molar-refractivity contribution in [2.24, 2.45) is 0 Å². The van der Waals surface area contributed by atoms with Crippen LogP contribution in [0.2, 0.25) is 0 Å². The van der Waals surface area contributed by atoms with Crippen molar-refractivity contribution in [2.45, 2.75) is 17.6 Å². The van der Waals surface area contributed by atoms with Gasteiger partial charge in [0, 0.05) is 21.7 Å². The fourth-order valence-corrected chi connectivity index (χ4v) is 2.97. The number of aryl methyl sites for hydroxylation is 1. The van der Waals surface area contributed by atoms with Crippen LogP contribution in [0.1, 0.15) is 20.8 Å². The number of carboxylic acid groups (broad SMARTS) is 1. The van der Waals surface area contributed by atoms with Gasteiger partial charge in [0.05, 0.1) is 11.1 Å². The van der Waals surface area contributed by atoms with Crippen molar-refractivity contribution in [1.82, 2.24) is 4.98 Å². The van der Waals surface area contributed by atoms with Crippen LogP contribution in [0, 0.1) is 6.92 Å². The highest BCUT2D eigenvalue weighted by atomic mass is 32.2. The van der Waals surface area contributed by atoms with E-state index >= 15 is 0 Å². The molecular weight excluding hydrogens is 254 g/mol. The van der Waals surface area contributed by atoms with Crippen molar-refractivity contribution in [2.75, 3.05) is 0 Å². The third-order valence-corrected chi connectivity index (χ3v) is 4.31. The van der Waals surface area contributed by atoms with Crippen molar-refractivity contribution in [1.29, 1.82) is 0 Å². The molecule has 1 N–H and O–H groups in total. The van der Waals surface area contributed by atoms with E-state index in [9.17, 15) is 4.79 Å². The molecule has 0 atom stereocenters. The molecule has 0 saturated heterocycles. The third kappa shape index (κ3) is 3.08. The molecule has 0 unspecified atom stereocenters. The van der Waals surface area contributed by atoms with E-state index in [0.717, 1.165) is 16.2 Å². The fourth-order valence-electron chi connectivity index (χ4n) is 1.39. The first-order chi connectivity index (χ1) is 8.16. The van der Waals surface area contributed by atoms with Gasteiger partial charge in [0.1, 0.15) is 0 Å². The minimum absolute atomic E-state index is 0.374. The molecule has 0 aliphatic carbocycles. The topological polar surface area (TPSA) is 50.2 Å². The number of carbonyl (C=O) groups is 1. The normalized spacial score (nSPS) is 10.4. The molecule has 1 heterocycles. The van der Waals surface area contributed by atoms with E-state index in [-0.39, 0.29) is 0 Å². The average molecular weight is 265 g/mol. The standard InChI is InChI=1S/C12H11NO2S2/c1-8-2-3-9(4-11(8)12(14)15)16-6-10-5-13-7-17-10/h2-5,7H,6H2,1H3,(H,14,15). The molecule has 0 amide bonds. The van der Waals surface area contributed by atoms with E-state index in [1.165, 1.54) is 4.88 Å². The lowest BCUT2D eigenvalue weighted by atomic mass is 10.1. The lowest BCUT2D eigenvalue weighted by molar-refractivity contribution is 0.0696. The molecular formula is C12H11NO2S2. The second kappa shape index (κ2) is 5.33. The Hall–Kier alpha value is -1.33. The summed E-state index contributed by atoms with van der Waals surface area (Å²) in [5, 5.41) is 9.03. The maximum Gasteiger partial charge on any atom is 0.335 e. The maximum atomic E-state index is 11.0. The van der Waals surface area contributed by atoms with E-state index in [1.54, 1.807) is 41.6 Å². The van der Waals surface area contributed by atoms with E-state index in [0.29, 0.717) is 5.56 Å². The largest absolute Gasteiger partial charge is 0.478 e. The predicted molar refractivity (Wildman–Crippen MR) is 69.8 cm³/mol. The van der Waals surface area contributed by atoms with Gasteiger partial charge < -0.3 is 5.11 Å². The Kier molecular flexibility index (Phi) is 3.81. The van der Waals surface area contributed by atoms with E-state index < -0.39 is 5.97 Å². The highest BCUT2D eigenvalue weighted by Crippen LogP contribution is 2.26. The number of carboxylic acids is 1. The fraction of sp³-hybridized carbons (Fsp3) is 0.167. The van der Waals surface area contributed by atoms with Gasteiger partial charge in [-0.2, -0.15) is 0 Å². The predicted octanol–water partition coefficient (Wildman–Crippen LogP) is 3.44. The minimum atomic E-state index is -0.872. The molecule has 3 nitrogen and oxygen atoms in total. The van der Waals surface area contributed by atoms with Crippen LogP contribution >= 0.6 is 23.1 Å². The zero-order valence-electron chi connectivity index (χ0n) is 9.21. The molecule has 0 radical (unpaired) electrons. The first-order valence-corrected chi connectivity index (χ1v) is 6.87. The molecule has 0 spiro atoms. The number of thioether (sulfide) groups is 1. The lowest BCUT2D eigenvalue weighted by Crippen LogP contribution is -1.99. The van der Waals surface area contributed by atoms with Gasteiger partial charge in [0.25, 0.3) is 0 Å². The Balaban J connectivity index is 2.11. The summed E-state index contributed by atoms with van der Waals surface area (Å²) in [5.41, 5.74) is 2.97.